The SMILES string of the molecule is O=C(NCCc1ccc(Cl)s1)c1cccc(S(=O)(=O)N2CCCC2)c1. The van der Waals surface area contributed by atoms with E-state index in [4.69, 9.17) is 11.6 Å². The molecule has 134 valence electrons. The summed E-state index contributed by atoms with van der Waals surface area (Å²) in [6.45, 7) is 1.56. The smallest absolute Gasteiger partial charge is 0.251 e. The maximum atomic E-state index is 12.6. The Morgan fingerprint density at radius 1 is 1.20 bits per heavy atom. The monoisotopic (exact) mass is 398 g/mol. The Kier molecular flexibility index (Phi) is 5.78. The first-order chi connectivity index (χ1) is 12.0. The number of halogens is 1. The number of thiophene rings is 1. The van der Waals surface area contributed by atoms with E-state index in [1.807, 2.05) is 12.1 Å². The standard InChI is InChI=1S/C17H19ClN2O3S2/c18-16-7-6-14(24-16)8-9-19-17(21)13-4-3-5-15(12-13)25(22,23)20-10-1-2-11-20/h3-7,12H,1-2,8-11H2,(H,19,21). The molecule has 3 rings (SSSR count). The number of hydrogen-bond acceptors (Lipinski definition) is 4. The van der Waals surface area contributed by atoms with E-state index in [9.17, 15) is 13.2 Å². The summed E-state index contributed by atoms with van der Waals surface area (Å²) in [6, 6.07) is 9.98. The van der Waals surface area contributed by atoms with Gasteiger partial charge in [-0.3, -0.25) is 4.79 Å². The molecule has 0 spiro atoms. The van der Waals surface area contributed by atoms with Crippen molar-refractivity contribution in [3.8, 4) is 0 Å². The Hall–Kier alpha value is -1.41. The summed E-state index contributed by atoms with van der Waals surface area (Å²) in [5.74, 6) is -0.277. The minimum atomic E-state index is -3.52. The molecule has 1 fully saturated rings. The van der Waals surface area contributed by atoms with E-state index in [0.29, 0.717) is 31.6 Å². The van der Waals surface area contributed by atoms with Gasteiger partial charge in [-0.25, -0.2) is 8.42 Å². The highest BCUT2D eigenvalue weighted by Gasteiger charge is 2.27. The maximum Gasteiger partial charge on any atom is 0.251 e. The second-order valence-electron chi connectivity index (χ2n) is 5.85. The highest BCUT2D eigenvalue weighted by Crippen LogP contribution is 2.22. The van der Waals surface area contributed by atoms with Crippen LogP contribution in [-0.2, 0) is 16.4 Å². The first-order valence-corrected chi connectivity index (χ1v) is 10.7. The summed E-state index contributed by atoms with van der Waals surface area (Å²) in [5.41, 5.74) is 0.351. The van der Waals surface area contributed by atoms with Gasteiger partial charge in [-0.05, 0) is 49.6 Å². The summed E-state index contributed by atoms with van der Waals surface area (Å²) in [6.07, 6.45) is 2.45. The van der Waals surface area contributed by atoms with Crippen molar-refractivity contribution in [2.24, 2.45) is 0 Å². The third-order valence-electron chi connectivity index (χ3n) is 4.08. The normalized spacial score (nSPS) is 15.4. The van der Waals surface area contributed by atoms with Crippen molar-refractivity contribution in [2.45, 2.75) is 24.2 Å². The largest absolute Gasteiger partial charge is 0.352 e. The van der Waals surface area contributed by atoms with Gasteiger partial charge in [-0.1, -0.05) is 17.7 Å². The van der Waals surface area contributed by atoms with Gasteiger partial charge in [-0.15, -0.1) is 11.3 Å². The van der Waals surface area contributed by atoms with E-state index >= 15 is 0 Å². The molecule has 2 heterocycles. The van der Waals surface area contributed by atoms with Gasteiger partial charge in [0.05, 0.1) is 9.23 Å². The summed E-state index contributed by atoms with van der Waals surface area (Å²) in [5, 5.41) is 2.82. The second-order valence-corrected chi connectivity index (χ2v) is 9.59. The van der Waals surface area contributed by atoms with Crippen molar-refractivity contribution in [3.63, 3.8) is 0 Å². The van der Waals surface area contributed by atoms with Crippen molar-refractivity contribution in [2.75, 3.05) is 19.6 Å². The van der Waals surface area contributed by atoms with Gasteiger partial charge in [0.25, 0.3) is 5.91 Å². The fraction of sp³-hybridized carbons (Fsp3) is 0.353. The molecule has 8 heteroatoms. The molecule has 1 saturated heterocycles. The molecule has 0 atom stereocenters. The zero-order valence-electron chi connectivity index (χ0n) is 13.6. The molecule has 0 saturated carbocycles. The molecule has 1 amide bonds. The molecule has 25 heavy (non-hydrogen) atoms. The van der Waals surface area contributed by atoms with Crippen molar-refractivity contribution in [1.82, 2.24) is 9.62 Å². The topological polar surface area (TPSA) is 66.5 Å². The number of nitrogens with zero attached hydrogens (tertiary/aromatic N) is 1. The van der Waals surface area contributed by atoms with Crippen molar-refractivity contribution in [1.29, 1.82) is 0 Å². The summed E-state index contributed by atoms with van der Waals surface area (Å²) in [4.78, 5) is 13.6. The van der Waals surface area contributed by atoms with Gasteiger partial charge in [0, 0.05) is 30.1 Å². The van der Waals surface area contributed by atoms with Gasteiger partial charge >= 0.3 is 0 Å². The predicted octanol–water partition coefficient (Wildman–Crippen LogP) is 3.16. The van der Waals surface area contributed by atoms with E-state index in [0.717, 1.165) is 22.1 Å². The lowest BCUT2D eigenvalue weighted by Crippen LogP contribution is -2.29. The van der Waals surface area contributed by atoms with Gasteiger partial charge in [-0.2, -0.15) is 4.31 Å². The molecule has 0 unspecified atom stereocenters. The van der Waals surface area contributed by atoms with Crippen LogP contribution in [0.2, 0.25) is 4.34 Å². The number of amides is 1. The third kappa shape index (κ3) is 4.41. The van der Waals surface area contributed by atoms with Crippen molar-refractivity contribution in [3.05, 3.63) is 51.2 Å². The minimum absolute atomic E-state index is 0.173. The first-order valence-electron chi connectivity index (χ1n) is 8.09. The Balaban J connectivity index is 1.65. The lowest BCUT2D eigenvalue weighted by Gasteiger charge is -2.16. The Morgan fingerprint density at radius 3 is 2.64 bits per heavy atom. The van der Waals surface area contributed by atoms with Gasteiger partial charge in [0.2, 0.25) is 10.0 Å². The van der Waals surface area contributed by atoms with Gasteiger partial charge in [0.15, 0.2) is 0 Å². The maximum absolute atomic E-state index is 12.6. The van der Waals surface area contributed by atoms with Crippen LogP contribution in [-0.4, -0.2) is 38.3 Å². The molecule has 2 aromatic rings. The quantitative estimate of drug-likeness (QED) is 0.812. The molecule has 0 radical (unpaired) electrons. The number of carbonyl (C=O) groups is 1. The Labute approximate surface area is 156 Å². The van der Waals surface area contributed by atoms with Crippen LogP contribution in [0.3, 0.4) is 0 Å². The van der Waals surface area contributed by atoms with Crippen LogP contribution < -0.4 is 5.32 Å². The molecule has 1 aromatic heterocycles. The zero-order chi connectivity index (χ0) is 17.9. The molecule has 1 aliphatic rings. The Bertz CT molecular complexity index is 858. The van der Waals surface area contributed by atoms with Crippen LogP contribution >= 0.6 is 22.9 Å². The highest BCUT2D eigenvalue weighted by molar-refractivity contribution is 7.89. The highest BCUT2D eigenvalue weighted by atomic mass is 35.5. The van der Waals surface area contributed by atoms with Crippen LogP contribution in [0.15, 0.2) is 41.3 Å². The summed E-state index contributed by atoms with van der Waals surface area (Å²) >= 11 is 7.37. The van der Waals surface area contributed by atoms with Gasteiger partial charge in [0.1, 0.15) is 0 Å². The van der Waals surface area contributed by atoms with E-state index in [1.54, 1.807) is 12.1 Å². The van der Waals surface area contributed by atoms with Crippen LogP contribution in [0.25, 0.3) is 0 Å². The number of carbonyl (C=O) groups excluding carboxylic acids is 1. The summed E-state index contributed by atoms with van der Waals surface area (Å²) in [7, 11) is -3.52. The van der Waals surface area contributed by atoms with E-state index in [-0.39, 0.29) is 10.8 Å². The molecule has 5 nitrogen and oxygen atoms in total. The van der Waals surface area contributed by atoms with Crippen molar-refractivity contribution >= 4 is 38.9 Å². The number of hydrogen-bond donors (Lipinski definition) is 1. The van der Waals surface area contributed by atoms with Crippen molar-refractivity contribution < 1.29 is 13.2 Å². The molecule has 0 aliphatic carbocycles. The Morgan fingerprint density at radius 2 is 1.96 bits per heavy atom. The van der Waals surface area contributed by atoms with E-state index in [1.165, 1.54) is 27.8 Å². The number of rotatable bonds is 6. The molecular formula is C17H19ClN2O3S2. The fourth-order valence-corrected chi connectivity index (χ4v) is 5.41. The first kappa shape index (κ1) is 18.4. The van der Waals surface area contributed by atoms with Crippen LogP contribution in [0.1, 0.15) is 28.1 Å². The lowest BCUT2D eigenvalue weighted by molar-refractivity contribution is 0.0954. The predicted molar refractivity (Wildman–Crippen MR) is 99.8 cm³/mol. The molecule has 1 N–H and O–H groups in total. The van der Waals surface area contributed by atoms with Gasteiger partial charge < -0.3 is 5.32 Å². The molecule has 1 aromatic carbocycles. The van der Waals surface area contributed by atoms with Crippen LogP contribution in [0, 0.1) is 0 Å². The van der Waals surface area contributed by atoms with E-state index < -0.39 is 10.0 Å². The van der Waals surface area contributed by atoms with E-state index in [2.05, 4.69) is 5.32 Å². The third-order valence-corrected chi connectivity index (χ3v) is 7.27. The van der Waals surface area contributed by atoms with Crippen LogP contribution in [0.5, 0.6) is 0 Å². The average Bonchev–Trinajstić information content (AvgIpc) is 3.27. The molecule has 1 aliphatic heterocycles. The number of nitrogens with one attached hydrogen (secondary N) is 1. The number of benzene rings is 1. The molecular weight excluding hydrogens is 380 g/mol. The average molecular weight is 399 g/mol. The zero-order valence-corrected chi connectivity index (χ0v) is 16.0. The number of sulfonamides is 1. The fourth-order valence-electron chi connectivity index (χ4n) is 2.76. The second kappa shape index (κ2) is 7.86. The minimum Gasteiger partial charge on any atom is -0.352 e. The summed E-state index contributed by atoms with van der Waals surface area (Å²) < 4.78 is 27.4. The lowest BCUT2D eigenvalue weighted by atomic mass is 10.2. The molecule has 0 bridgehead atoms. The van der Waals surface area contributed by atoms with Crippen LogP contribution in [0.4, 0.5) is 0 Å².